The second kappa shape index (κ2) is 12.9. The van der Waals surface area contributed by atoms with Crippen LogP contribution in [0.5, 0.6) is 11.5 Å². The summed E-state index contributed by atoms with van der Waals surface area (Å²) >= 11 is 5.82. The van der Waals surface area contributed by atoms with Gasteiger partial charge in [0, 0.05) is 0 Å². The molecule has 4 aromatic rings. The number of hydrogen-bond donors (Lipinski definition) is 0. The molecule has 0 saturated carbocycles. The maximum absolute atomic E-state index is 13.9. The van der Waals surface area contributed by atoms with E-state index in [1.807, 2.05) is 72.8 Å². The number of methoxy groups -OCH3 is 1. The summed E-state index contributed by atoms with van der Waals surface area (Å²) < 4.78 is 20.8. The van der Waals surface area contributed by atoms with Gasteiger partial charge in [0.1, 0.15) is 18.1 Å². The van der Waals surface area contributed by atoms with Crippen molar-refractivity contribution in [2.24, 2.45) is 4.99 Å². The summed E-state index contributed by atoms with van der Waals surface area (Å²) in [5, 5.41) is 0. The molecular weight excluding hydrogens is 766 g/mol. The molecule has 1 aliphatic rings. The molecule has 1 atom stereocenters. The average molecular weight is 792 g/mol. The molecule has 0 radical (unpaired) electrons. The van der Waals surface area contributed by atoms with E-state index in [4.69, 9.17) is 14.2 Å². The standard InChI is InChI=1S/C31H26I2N2O5S/c1-4-39-30(37)26-18(2)34-31-35(27(26)21-10-12-22(38-3)13-11-21)29(36)25(41-31)16-20-14-23(32)28(24(33)15-20)40-17-19-8-6-5-7-9-19/h5-16,27H,4,17H2,1-3H3/b25-16-. The van der Waals surface area contributed by atoms with Crippen molar-refractivity contribution in [1.82, 2.24) is 4.57 Å². The normalized spacial score (nSPS) is 14.9. The smallest absolute Gasteiger partial charge is 0.338 e. The van der Waals surface area contributed by atoms with Crippen molar-refractivity contribution in [1.29, 1.82) is 0 Å². The van der Waals surface area contributed by atoms with Gasteiger partial charge in [-0.25, -0.2) is 9.79 Å². The van der Waals surface area contributed by atoms with Gasteiger partial charge >= 0.3 is 5.97 Å². The zero-order valence-corrected chi connectivity index (χ0v) is 27.7. The van der Waals surface area contributed by atoms with Gasteiger partial charge in [0.15, 0.2) is 4.80 Å². The lowest BCUT2D eigenvalue weighted by atomic mass is 9.96. The van der Waals surface area contributed by atoms with Crippen LogP contribution < -0.4 is 24.4 Å². The molecule has 0 N–H and O–H groups in total. The van der Waals surface area contributed by atoms with Gasteiger partial charge in [0.05, 0.1) is 42.7 Å². The van der Waals surface area contributed by atoms with E-state index in [2.05, 4.69) is 50.2 Å². The number of thiazole rings is 1. The van der Waals surface area contributed by atoms with Crippen LogP contribution in [0.2, 0.25) is 0 Å². The van der Waals surface area contributed by atoms with Crippen molar-refractivity contribution >= 4 is 68.6 Å². The first-order chi connectivity index (χ1) is 19.8. The van der Waals surface area contributed by atoms with E-state index in [1.165, 1.54) is 11.3 Å². The molecule has 10 heteroatoms. The second-order valence-corrected chi connectivity index (χ2v) is 12.5. The summed E-state index contributed by atoms with van der Waals surface area (Å²) in [6.07, 6.45) is 1.86. The first-order valence-corrected chi connectivity index (χ1v) is 15.8. The van der Waals surface area contributed by atoms with Crippen molar-refractivity contribution in [3.8, 4) is 11.5 Å². The van der Waals surface area contributed by atoms with Crippen LogP contribution in [0.25, 0.3) is 6.08 Å². The highest BCUT2D eigenvalue weighted by atomic mass is 127. The molecule has 1 aliphatic heterocycles. The lowest BCUT2D eigenvalue weighted by Gasteiger charge is -2.24. The van der Waals surface area contributed by atoms with Crippen molar-refractivity contribution in [2.75, 3.05) is 13.7 Å². The topological polar surface area (TPSA) is 79.1 Å². The van der Waals surface area contributed by atoms with Crippen molar-refractivity contribution in [2.45, 2.75) is 26.5 Å². The van der Waals surface area contributed by atoms with Gasteiger partial charge < -0.3 is 14.2 Å². The number of nitrogens with zero attached hydrogens (tertiary/aromatic N) is 2. The van der Waals surface area contributed by atoms with Crippen molar-refractivity contribution in [3.63, 3.8) is 0 Å². The number of ether oxygens (including phenoxy) is 3. The number of fused-ring (bicyclic) bond motifs is 1. The fourth-order valence-electron chi connectivity index (χ4n) is 4.57. The Bertz CT molecular complexity index is 1790. The van der Waals surface area contributed by atoms with Crippen LogP contribution in [0, 0.1) is 7.14 Å². The number of halogens is 2. The van der Waals surface area contributed by atoms with Gasteiger partial charge in [0.2, 0.25) is 0 Å². The molecular formula is C31H26I2N2O5S. The van der Waals surface area contributed by atoms with Crippen LogP contribution in [-0.4, -0.2) is 24.3 Å². The minimum absolute atomic E-state index is 0.220. The quantitative estimate of drug-likeness (QED) is 0.172. The molecule has 210 valence electrons. The minimum atomic E-state index is -0.674. The Balaban J connectivity index is 1.56. The predicted molar refractivity (Wildman–Crippen MR) is 176 cm³/mol. The second-order valence-electron chi connectivity index (χ2n) is 9.16. The van der Waals surface area contributed by atoms with E-state index in [0.29, 0.717) is 33.0 Å². The van der Waals surface area contributed by atoms with E-state index >= 15 is 0 Å². The Kier molecular flexibility index (Phi) is 9.29. The lowest BCUT2D eigenvalue weighted by molar-refractivity contribution is -0.139. The minimum Gasteiger partial charge on any atom is -0.497 e. The molecule has 2 heterocycles. The highest BCUT2D eigenvalue weighted by Gasteiger charge is 2.33. The van der Waals surface area contributed by atoms with Crippen molar-refractivity contribution < 1.29 is 19.0 Å². The highest BCUT2D eigenvalue weighted by Crippen LogP contribution is 2.32. The first kappa shape index (κ1) is 29.5. The molecule has 7 nitrogen and oxygen atoms in total. The predicted octanol–water partition coefficient (Wildman–Crippen LogP) is 5.60. The van der Waals surface area contributed by atoms with Crippen LogP contribution >= 0.6 is 56.5 Å². The number of esters is 1. The lowest BCUT2D eigenvalue weighted by Crippen LogP contribution is -2.39. The third kappa shape index (κ3) is 6.28. The number of allylic oxidation sites excluding steroid dienone is 1. The van der Waals surface area contributed by atoms with E-state index in [0.717, 1.165) is 29.6 Å². The Labute approximate surface area is 268 Å². The molecule has 0 bridgehead atoms. The number of carbonyl (C=O) groups is 1. The fourth-order valence-corrected chi connectivity index (χ4v) is 7.75. The summed E-state index contributed by atoms with van der Waals surface area (Å²) in [4.78, 5) is 32.2. The number of aromatic nitrogens is 1. The van der Waals surface area contributed by atoms with Crippen molar-refractivity contribution in [3.05, 3.63) is 122 Å². The van der Waals surface area contributed by atoms with Gasteiger partial charge in [-0.3, -0.25) is 9.36 Å². The molecule has 3 aromatic carbocycles. The average Bonchev–Trinajstić information content (AvgIpc) is 3.26. The zero-order valence-electron chi connectivity index (χ0n) is 22.5. The molecule has 5 rings (SSSR count). The summed E-state index contributed by atoms with van der Waals surface area (Å²) in [6, 6.07) is 20.7. The Morgan fingerprint density at radius 3 is 2.39 bits per heavy atom. The van der Waals surface area contributed by atoms with Crippen LogP contribution in [0.4, 0.5) is 0 Å². The largest absolute Gasteiger partial charge is 0.497 e. The van der Waals surface area contributed by atoms with Gasteiger partial charge in [-0.15, -0.1) is 0 Å². The van der Waals surface area contributed by atoms with E-state index in [1.54, 1.807) is 25.5 Å². The van der Waals surface area contributed by atoms with Gasteiger partial charge in [0.25, 0.3) is 5.56 Å². The summed E-state index contributed by atoms with van der Waals surface area (Å²) in [6.45, 7) is 4.22. The monoisotopic (exact) mass is 792 g/mol. The van der Waals surface area contributed by atoms with E-state index in [-0.39, 0.29) is 12.2 Å². The summed E-state index contributed by atoms with van der Waals surface area (Å²) in [7, 11) is 1.59. The van der Waals surface area contributed by atoms with Gasteiger partial charge in [-0.2, -0.15) is 0 Å². The number of rotatable bonds is 8. The van der Waals surface area contributed by atoms with Crippen LogP contribution in [0.3, 0.4) is 0 Å². The molecule has 0 spiro atoms. The highest BCUT2D eigenvalue weighted by molar-refractivity contribution is 14.1. The number of carbonyl (C=O) groups excluding carboxylic acids is 1. The van der Waals surface area contributed by atoms with Gasteiger partial charge in [-0.05, 0) is 106 Å². The molecule has 0 amide bonds. The van der Waals surface area contributed by atoms with E-state index < -0.39 is 12.0 Å². The number of hydrogen-bond acceptors (Lipinski definition) is 7. The Hall–Kier alpha value is -2.97. The summed E-state index contributed by atoms with van der Waals surface area (Å²) in [5.41, 5.74) is 3.38. The molecule has 41 heavy (non-hydrogen) atoms. The maximum Gasteiger partial charge on any atom is 0.338 e. The molecule has 0 aliphatic carbocycles. The Morgan fingerprint density at radius 2 is 1.76 bits per heavy atom. The molecule has 0 saturated heterocycles. The van der Waals surface area contributed by atoms with Gasteiger partial charge in [-0.1, -0.05) is 53.8 Å². The maximum atomic E-state index is 13.9. The van der Waals surface area contributed by atoms with Crippen LogP contribution in [0.15, 0.2) is 87.8 Å². The third-order valence-electron chi connectivity index (χ3n) is 6.49. The molecule has 1 unspecified atom stereocenters. The molecule has 0 fully saturated rings. The molecule has 1 aromatic heterocycles. The zero-order chi connectivity index (χ0) is 29.1. The van der Waals surface area contributed by atoms with Crippen LogP contribution in [0.1, 0.15) is 36.6 Å². The number of benzene rings is 3. The first-order valence-electron chi connectivity index (χ1n) is 12.8. The summed E-state index contributed by atoms with van der Waals surface area (Å²) in [5.74, 6) is 1.00. The fraction of sp³-hybridized carbons (Fsp3) is 0.194. The van der Waals surface area contributed by atoms with Crippen LogP contribution in [-0.2, 0) is 16.1 Å². The third-order valence-corrected chi connectivity index (χ3v) is 9.08. The SMILES string of the molecule is CCOC(=O)C1=C(C)N=c2s/c(=C\c3cc(I)c(OCc4ccccc4)c(I)c3)c(=O)n2C1c1ccc(OC)cc1. The Morgan fingerprint density at radius 1 is 1.07 bits per heavy atom. The van der Waals surface area contributed by atoms with E-state index in [9.17, 15) is 9.59 Å².